The first-order valence-electron chi connectivity index (χ1n) is 13.0. The van der Waals surface area contributed by atoms with E-state index in [1.807, 2.05) is 24.3 Å². The van der Waals surface area contributed by atoms with Crippen LogP contribution in [0.5, 0.6) is 0 Å². The van der Waals surface area contributed by atoms with Crippen molar-refractivity contribution in [3.63, 3.8) is 0 Å². The number of thioether (sulfide) groups is 1. The van der Waals surface area contributed by atoms with Crippen molar-refractivity contribution >= 4 is 40.5 Å². The number of likely N-dealkylation sites (tertiary alicyclic amines) is 1. The lowest BCUT2D eigenvalue weighted by Crippen LogP contribution is -2.55. The Balaban J connectivity index is 1.50. The molecule has 202 valence electrons. The minimum absolute atomic E-state index is 0.00822. The molecular weight excluding hydrogens is 504 g/mol. The molecule has 11 heteroatoms. The van der Waals surface area contributed by atoms with E-state index in [1.54, 1.807) is 50.3 Å². The third-order valence-electron chi connectivity index (χ3n) is 8.04. The molecule has 3 aliphatic rings. The predicted molar refractivity (Wildman–Crippen MR) is 145 cm³/mol. The molecule has 0 aliphatic carbocycles. The maximum atomic E-state index is 14.4. The lowest BCUT2D eigenvalue weighted by Gasteiger charge is -2.37. The van der Waals surface area contributed by atoms with E-state index in [2.05, 4.69) is 23.5 Å². The summed E-state index contributed by atoms with van der Waals surface area (Å²) in [6.45, 7) is 8.58. The van der Waals surface area contributed by atoms with E-state index in [0.717, 1.165) is 17.5 Å². The molecule has 3 aliphatic heterocycles. The van der Waals surface area contributed by atoms with Crippen molar-refractivity contribution in [3.8, 4) is 0 Å². The molecule has 5 atom stereocenters. The Hall–Kier alpha value is -3.18. The number of rotatable bonds is 11. The summed E-state index contributed by atoms with van der Waals surface area (Å²) in [7, 11) is 1.73. The molecule has 3 amide bonds. The van der Waals surface area contributed by atoms with Crippen LogP contribution >= 0.6 is 11.8 Å². The van der Waals surface area contributed by atoms with Crippen molar-refractivity contribution < 1.29 is 19.5 Å². The number of aromatic nitrogens is 3. The van der Waals surface area contributed by atoms with Gasteiger partial charge in [-0.15, -0.1) is 30.0 Å². The van der Waals surface area contributed by atoms with Crippen LogP contribution in [0.1, 0.15) is 19.3 Å². The summed E-state index contributed by atoms with van der Waals surface area (Å²) in [5, 5.41) is 18.0. The second-order valence-electron chi connectivity index (χ2n) is 10.2. The van der Waals surface area contributed by atoms with Gasteiger partial charge in [0, 0.05) is 38.5 Å². The molecule has 1 aromatic heterocycles. The van der Waals surface area contributed by atoms with Crippen molar-refractivity contribution in [2.75, 3.05) is 33.3 Å². The monoisotopic (exact) mass is 538 g/mol. The maximum Gasteiger partial charge on any atom is 0.248 e. The van der Waals surface area contributed by atoms with Crippen molar-refractivity contribution in [1.82, 2.24) is 29.7 Å². The average Bonchev–Trinajstić information content (AvgIpc) is 3.66. The molecule has 4 heterocycles. The second-order valence-corrected chi connectivity index (χ2v) is 11.8. The van der Waals surface area contributed by atoms with Crippen LogP contribution < -0.4 is 0 Å². The summed E-state index contributed by atoms with van der Waals surface area (Å²) >= 11 is 1.64. The fourth-order valence-electron chi connectivity index (χ4n) is 6.46. The molecule has 2 aromatic rings. The highest BCUT2D eigenvalue weighted by atomic mass is 32.2. The van der Waals surface area contributed by atoms with E-state index >= 15 is 0 Å². The van der Waals surface area contributed by atoms with Gasteiger partial charge in [-0.05, 0) is 31.4 Å². The van der Waals surface area contributed by atoms with Gasteiger partial charge in [-0.25, -0.2) is 4.68 Å². The van der Waals surface area contributed by atoms with Gasteiger partial charge in [0.2, 0.25) is 17.7 Å². The number of likely N-dealkylation sites (N-methyl/N-ethyl adjacent to an activating group) is 1. The Labute approximate surface area is 226 Å². The number of aliphatic hydroxyl groups excluding tert-OH is 1. The number of nitrogens with zero attached hydrogens (tertiary/aromatic N) is 6. The minimum Gasteiger partial charge on any atom is -0.396 e. The van der Waals surface area contributed by atoms with Crippen molar-refractivity contribution in [2.45, 2.75) is 42.0 Å². The molecule has 3 fully saturated rings. The van der Waals surface area contributed by atoms with Gasteiger partial charge >= 0.3 is 0 Å². The van der Waals surface area contributed by atoms with Crippen LogP contribution in [0.2, 0.25) is 0 Å². The van der Waals surface area contributed by atoms with E-state index in [-0.39, 0.29) is 49.3 Å². The van der Waals surface area contributed by atoms with Crippen LogP contribution in [0, 0.1) is 11.8 Å². The number of fused-ring (bicyclic) bond motifs is 2. The number of carbonyl (C=O) groups is 3. The van der Waals surface area contributed by atoms with Gasteiger partial charge < -0.3 is 19.8 Å². The Morgan fingerprint density at radius 3 is 2.74 bits per heavy atom. The van der Waals surface area contributed by atoms with Crippen molar-refractivity contribution in [2.24, 2.45) is 11.8 Å². The molecular formula is C27H34N6O4S. The lowest BCUT2D eigenvalue weighted by atomic mass is 9.70. The average molecular weight is 539 g/mol. The molecule has 0 radical (unpaired) electrons. The van der Waals surface area contributed by atoms with E-state index in [1.165, 1.54) is 0 Å². The predicted octanol–water partition coefficient (Wildman–Crippen LogP) is 1.52. The van der Waals surface area contributed by atoms with Gasteiger partial charge in [0.25, 0.3) is 0 Å². The van der Waals surface area contributed by atoms with Gasteiger partial charge in [0.05, 0.1) is 22.1 Å². The van der Waals surface area contributed by atoms with Crippen LogP contribution in [-0.2, 0) is 21.1 Å². The number of para-hydroxylation sites is 1. The van der Waals surface area contributed by atoms with Crippen molar-refractivity contribution in [1.29, 1.82) is 0 Å². The Morgan fingerprint density at radius 1 is 1.24 bits per heavy atom. The van der Waals surface area contributed by atoms with Gasteiger partial charge in [0.15, 0.2) is 0 Å². The highest BCUT2D eigenvalue weighted by Gasteiger charge is 2.73. The van der Waals surface area contributed by atoms with Crippen LogP contribution in [-0.4, -0.2) is 102 Å². The first kappa shape index (κ1) is 26.4. The van der Waals surface area contributed by atoms with E-state index in [9.17, 15) is 19.5 Å². The normalized spacial score (nSPS) is 27.5. The summed E-state index contributed by atoms with van der Waals surface area (Å²) in [6.07, 6.45) is 5.16. The number of hydrogen-bond acceptors (Lipinski definition) is 7. The van der Waals surface area contributed by atoms with Crippen LogP contribution in [0.3, 0.4) is 0 Å². The third kappa shape index (κ3) is 4.12. The molecule has 0 saturated carbocycles. The molecule has 5 rings (SSSR count). The van der Waals surface area contributed by atoms with Crippen LogP contribution in [0.25, 0.3) is 11.0 Å². The zero-order valence-corrected chi connectivity index (χ0v) is 22.4. The van der Waals surface area contributed by atoms with Gasteiger partial charge in [-0.2, -0.15) is 0 Å². The molecule has 2 unspecified atom stereocenters. The first-order valence-corrected chi connectivity index (χ1v) is 13.9. The molecule has 1 spiro atoms. The van der Waals surface area contributed by atoms with Crippen LogP contribution in [0.4, 0.5) is 0 Å². The molecule has 10 nitrogen and oxygen atoms in total. The number of benzene rings is 1. The minimum atomic E-state index is -0.737. The highest BCUT2D eigenvalue weighted by Crippen LogP contribution is 2.66. The topological polar surface area (TPSA) is 112 Å². The van der Waals surface area contributed by atoms with Gasteiger partial charge in [0.1, 0.15) is 18.2 Å². The van der Waals surface area contributed by atoms with E-state index in [0.29, 0.717) is 19.4 Å². The Morgan fingerprint density at radius 2 is 2.00 bits per heavy atom. The van der Waals surface area contributed by atoms with E-state index < -0.39 is 22.6 Å². The summed E-state index contributed by atoms with van der Waals surface area (Å²) in [6, 6.07) is 6.81. The largest absolute Gasteiger partial charge is 0.396 e. The quantitative estimate of drug-likeness (QED) is 0.432. The Bertz CT molecular complexity index is 1270. The zero-order chi connectivity index (χ0) is 27.0. The summed E-state index contributed by atoms with van der Waals surface area (Å²) in [4.78, 5) is 46.8. The number of aliphatic hydroxyl groups is 1. The SMILES string of the molecule is C=CCN(C)C(=O)[C@@H]1[C@H]2C(=O)N(CCCO)C(C(=O)N(CC=C)Cn3nnc4ccccc43)C23CC[C@H]1S3. The molecule has 3 saturated heterocycles. The number of hydrogen-bond donors (Lipinski definition) is 1. The fraction of sp³-hybridized carbons (Fsp3) is 0.519. The summed E-state index contributed by atoms with van der Waals surface area (Å²) < 4.78 is 0.990. The summed E-state index contributed by atoms with van der Waals surface area (Å²) in [5.41, 5.74) is 1.53. The third-order valence-corrected chi connectivity index (χ3v) is 9.99. The van der Waals surface area contributed by atoms with Gasteiger partial charge in [-0.3, -0.25) is 14.4 Å². The maximum absolute atomic E-state index is 14.4. The highest BCUT2D eigenvalue weighted by molar-refractivity contribution is 8.02. The Kier molecular flexibility index (Phi) is 7.32. The lowest BCUT2D eigenvalue weighted by molar-refractivity contribution is -0.144. The van der Waals surface area contributed by atoms with E-state index in [4.69, 9.17) is 0 Å². The molecule has 2 bridgehead atoms. The standard InChI is InChI=1S/C27H34N6O4S/c1-4-13-30(3)24(35)21-20-11-12-27(38-20)22(21)25(36)32(15-8-16-34)23(27)26(37)31(14-5-2)17-33-19-10-7-6-9-18(19)28-29-33/h4-7,9-10,20-23,34H,1-2,8,11-17H2,3H3/t20-,21+,22+,23?,27?/m1/s1. The number of carbonyl (C=O) groups excluding carboxylic acids is 3. The molecule has 1 aromatic carbocycles. The second kappa shape index (κ2) is 10.5. The number of amides is 3. The first-order chi connectivity index (χ1) is 18.4. The zero-order valence-electron chi connectivity index (χ0n) is 21.6. The fourth-order valence-corrected chi connectivity index (χ4v) is 8.67. The molecule has 1 N–H and O–H groups in total. The van der Waals surface area contributed by atoms with Crippen LogP contribution in [0.15, 0.2) is 49.6 Å². The summed E-state index contributed by atoms with van der Waals surface area (Å²) in [5.74, 6) is -1.49. The smallest absolute Gasteiger partial charge is 0.248 e. The van der Waals surface area contributed by atoms with Gasteiger partial charge in [-0.1, -0.05) is 29.5 Å². The molecule has 38 heavy (non-hydrogen) atoms. The van der Waals surface area contributed by atoms with Crippen molar-refractivity contribution in [3.05, 3.63) is 49.6 Å².